The fourth-order valence-corrected chi connectivity index (χ4v) is 1.18. The van der Waals surface area contributed by atoms with Gasteiger partial charge in [0.25, 0.3) is 0 Å². The third-order valence-electron chi connectivity index (χ3n) is 1.24. The minimum Gasteiger partial charge on any atom is -0.379 e. The van der Waals surface area contributed by atoms with Crippen molar-refractivity contribution in [1.82, 2.24) is 0 Å². The highest BCUT2D eigenvalue weighted by Gasteiger charge is 2.12. The molecule has 48 valence electrons. The summed E-state index contributed by atoms with van der Waals surface area (Å²) in [5, 5.41) is 0. The van der Waals surface area contributed by atoms with Gasteiger partial charge in [0, 0.05) is 6.61 Å². The molecule has 2 nitrogen and oxygen atoms in total. The fourth-order valence-electron chi connectivity index (χ4n) is 0.781. The molecule has 0 N–H and O–H groups in total. The average molecular weight is 228 g/mol. The standard InChI is InChI=1S/C5H9IO2/c6-8-5-2-1-3-7-4-5/h5H,1-4H2/t5-/m1/s1. The second-order valence-corrected chi connectivity index (χ2v) is 2.44. The van der Waals surface area contributed by atoms with Crippen LogP contribution in [0.5, 0.6) is 0 Å². The van der Waals surface area contributed by atoms with E-state index in [-0.39, 0.29) is 0 Å². The van der Waals surface area contributed by atoms with E-state index in [2.05, 4.69) is 0 Å². The number of hydrogen-bond donors (Lipinski definition) is 0. The van der Waals surface area contributed by atoms with Crippen LogP contribution in [-0.4, -0.2) is 19.3 Å². The molecule has 0 radical (unpaired) electrons. The van der Waals surface area contributed by atoms with Crippen LogP contribution in [0.4, 0.5) is 0 Å². The lowest BCUT2D eigenvalue weighted by molar-refractivity contribution is 0.0260. The van der Waals surface area contributed by atoms with E-state index in [9.17, 15) is 0 Å². The predicted octanol–water partition coefficient (Wildman–Crippen LogP) is 1.53. The molecule has 0 unspecified atom stereocenters. The maximum absolute atomic E-state index is 5.14. The van der Waals surface area contributed by atoms with Crippen molar-refractivity contribution in [3.05, 3.63) is 0 Å². The minimum atomic E-state index is 0.351. The molecule has 1 aliphatic heterocycles. The molecule has 0 bridgehead atoms. The number of halogens is 1. The normalized spacial score (nSPS) is 30.4. The molecule has 8 heavy (non-hydrogen) atoms. The Hall–Kier alpha value is 0.650. The van der Waals surface area contributed by atoms with Crippen LogP contribution in [0, 0.1) is 0 Å². The quantitative estimate of drug-likeness (QED) is 0.633. The molecule has 1 rings (SSSR count). The highest BCUT2D eigenvalue weighted by Crippen LogP contribution is 2.11. The molecule has 1 fully saturated rings. The zero-order valence-corrected chi connectivity index (χ0v) is 6.76. The van der Waals surface area contributed by atoms with Gasteiger partial charge in [-0.05, 0) is 12.8 Å². The molecule has 0 aromatic rings. The third-order valence-corrected chi connectivity index (χ3v) is 1.96. The molecule has 0 spiro atoms. The molecule has 0 aromatic heterocycles. The second kappa shape index (κ2) is 3.63. The lowest BCUT2D eigenvalue weighted by Crippen LogP contribution is -2.22. The van der Waals surface area contributed by atoms with Crippen LogP contribution in [0.15, 0.2) is 0 Å². The first-order valence-electron chi connectivity index (χ1n) is 2.78. The van der Waals surface area contributed by atoms with Crippen molar-refractivity contribution in [1.29, 1.82) is 0 Å². The maximum atomic E-state index is 5.14. The van der Waals surface area contributed by atoms with E-state index >= 15 is 0 Å². The van der Waals surface area contributed by atoms with E-state index < -0.39 is 0 Å². The SMILES string of the molecule is IO[C@@H]1CCCOC1. The first-order chi connectivity index (χ1) is 3.93. The molecule has 1 heterocycles. The van der Waals surface area contributed by atoms with Crippen molar-refractivity contribution in [2.45, 2.75) is 18.9 Å². The van der Waals surface area contributed by atoms with Gasteiger partial charge < -0.3 is 7.80 Å². The van der Waals surface area contributed by atoms with E-state index in [1.54, 1.807) is 0 Å². The summed E-state index contributed by atoms with van der Waals surface area (Å²) in [6.07, 6.45) is 2.65. The highest BCUT2D eigenvalue weighted by molar-refractivity contribution is 14.1. The maximum Gasteiger partial charge on any atom is 0.110 e. The highest BCUT2D eigenvalue weighted by atomic mass is 127. The summed E-state index contributed by atoms with van der Waals surface area (Å²) in [5.74, 6) is 0. The lowest BCUT2D eigenvalue weighted by atomic mass is 10.2. The zero-order chi connectivity index (χ0) is 5.82. The molecule has 0 aromatic carbocycles. The summed E-state index contributed by atoms with van der Waals surface area (Å²) in [7, 11) is 0. The Bertz CT molecular complexity index is 61.4. The Labute approximate surface area is 63.2 Å². The molecule has 0 amide bonds. The molecule has 1 atom stereocenters. The first-order valence-corrected chi connectivity index (χ1v) is 3.66. The van der Waals surface area contributed by atoms with E-state index in [0.29, 0.717) is 6.10 Å². The number of rotatable bonds is 1. The summed E-state index contributed by atoms with van der Waals surface area (Å²) in [6, 6.07) is 0. The van der Waals surface area contributed by atoms with E-state index in [4.69, 9.17) is 7.80 Å². The van der Waals surface area contributed by atoms with Crippen molar-refractivity contribution in [3.8, 4) is 0 Å². The minimum absolute atomic E-state index is 0.351. The Balaban J connectivity index is 2.13. The summed E-state index contributed by atoms with van der Waals surface area (Å²) in [6.45, 7) is 1.69. The molecule has 0 saturated carbocycles. The van der Waals surface area contributed by atoms with E-state index in [0.717, 1.165) is 26.1 Å². The molecular weight excluding hydrogens is 219 g/mol. The van der Waals surface area contributed by atoms with Gasteiger partial charge in [-0.1, -0.05) is 0 Å². The van der Waals surface area contributed by atoms with Crippen LogP contribution in [0.3, 0.4) is 0 Å². The summed E-state index contributed by atoms with van der Waals surface area (Å²) >= 11 is 1.93. The van der Waals surface area contributed by atoms with Gasteiger partial charge in [0.2, 0.25) is 0 Å². The number of hydrogen-bond acceptors (Lipinski definition) is 2. The number of ether oxygens (including phenoxy) is 1. The van der Waals surface area contributed by atoms with Gasteiger partial charge in [-0.3, -0.25) is 0 Å². The molecule has 1 saturated heterocycles. The average Bonchev–Trinajstić information content (AvgIpc) is 1.90. The Morgan fingerprint density at radius 3 is 2.88 bits per heavy atom. The van der Waals surface area contributed by atoms with Crippen LogP contribution >= 0.6 is 23.0 Å². The lowest BCUT2D eigenvalue weighted by Gasteiger charge is -2.18. The van der Waals surface area contributed by atoms with Gasteiger partial charge in [0.15, 0.2) is 0 Å². The third kappa shape index (κ3) is 1.87. The monoisotopic (exact) mass is 228 g/mol. The topological polar surface area (TPSA) is 18.5 Å². The van der Waals surface area contributed by atoms with Crippen molar-refractivity contribution >= 4 is 23.0 Å². The molecule has 1 aliphatic rings. The Morgan fingerprint density at radius 1 is 1.62 bits per heavy atom. The van der Waals surface area contributed by atoms with Gasteiger partial charge in [-0.25, -0.2) is 0 Å². The first kappa shape index (κ1) is 6.77. The Kier molecular flexibility index (Phi) is 3.07. The van der Waals surface area contributed by atoms with Gasteiger partial charge in [-0.2, -0.15) is 0 Å². The van der Waals surface area contributed by atoms with Crippen LogP contribution in [0.1, 0.15) is 12.8 Å². The second-order valence-electron chi connectivity index (χ2n) is 1.93. The van der Waals surface area contributed by atoms with E-state index in [1.165, 1.54) is 0 Å². The van der Waals surface area contributed by atoms with Crippen molar-refractivity contribution in [2.24, 2.45) is 0 Å². The molecule has 0 aliphatic carbocycles. The van der Waals surface area contributed by atoms with Crippen LogP contribution < -0.4 is 0 Å². The zero-order valence-electron chi connectivity index (χ0n) is 4.60. The van der Waals surface area contributed by atoms with Gasteiger partial charge in [-0.15, -0.1) is 0 Å². The van der Waals surface area contributed by atoms with E-state index in [1.807, 2.05) is 23.0 Å². The Morgan fingerprint density at radius 2 is 2.50 bits per heavy atom. The van der Waals surface area contributed by atoms with Crippen molar-refractivity contribution in [2.75, 3.05) is 13.2 Å². The van der Waals surface area contributed by atoms with Crippen LogP contribution in [-0.2, 0) is 7.80 Å². The van der Waals surface area contributed by atoms with Crippen LogP contribution in [0.25, 0.3) is 0 Å². The fraction of sp³-hybridized carbons (Fsp3) is 1.00. The largest absolute Gasteiger partial charge is 0.379 e. The smallest absolute Gasteiger partial charge is 0.110 e. The summed E-state index contributed by atoms with van der Waals surface area (Å²) in [5.41, 5.74) is 0. The summed E-state index contributed by atoms with van der Waals surface area (Å²) in [4.78, 5) is 0. The predicted molar refractivity (Wildman–Crippen MR) is 38.9 cm³/mol. The van der Waals surface area contributed by atoms with Gasteiger partial charge in [0.1, 0.15) is 23.0 Å². The van der Waals surface area contributed by atoms with Crippen molar-refractivity contribution in [3.63, 3.8) is 0 Å². The van der Waals surface area contributed by atoms with Crippen molar-refractivity contribution < 1.29 is 7.80 Å². The molecular formula is C5H9IO2. The van der Waals surface area contributed by atoms with Gasteiger partial charge >= 0.3 is 0 Å². The van der Waals surface area contributed by atoms with Crippen LogP contribution in [0.2, 0.25) is 0 Å². The summed E-state index contributed by atoms with van der Waals surface area (Å²) < 4.78 is 10.2. The van der Waals surface area contributed by atoms with Gasteiger partial charge in [0.05, 0.1) is 12.7 Å². The molecule has 3 heteroatoms.